The van der Waals surface area contributed by atoms with Crippen molar-refractivity contribution in [3.63, 3.8) is 0 Å². The zero-order chi connectivity index (χ0) is 14.4. The first kappa shape index (κ1) is 13.9. The molecule has 0 aliphatic carbocycles. The molecule has 104 valence electrons. The number of carbonyl (C=O) groups is 1. The van der Waals surface area contributed by atoms with Gasteiger partial charge in [0.05, 0.1) is 19.8 Å². The zero-order valence-corrected chi connectivity index (χ0v) is 11.5. The Labute approximate surface area is 117 Å². The van der Waals surface area contributed by atoms with Crippen molar-refractivity contribution in [3.8, 4) is 17.2 Å². The van der Waals surface area contributed by atoms with Crippen molar-refractivity contribution in [2.75, 3.05) is 20.8 Å². The fourth-order valence-corrected chi connectivity index (χ4v) is 1.77. The lowest BCUT2D eigenvalue weighted by Crippen LogP contribution is -2.12. The predicted octanol–water partition coefficient (Wildman–Crippen LogP) is 2.97. The van der Waals surface area contributed by atoms with Crippen LogP contribution in [-0.4, -0.2) is 26.6 Å². The molecule has 0 fully saturated rings. The number of ketones is 1. The van der Waals surface area contributed by atoms with Crippen molar-refractivity contribution in [3.05, 3.63) is 54.1 Å². The normalized spacial score (nSPS) is 9.90. The molecule has 4 heteroatoms. The Bertz CT molecular complexity index is 578. The van der Waals surface area contributed by atoms with E-state index in [9.17, 15) is 4.79 Å². The number of rotatable bonds is 6. The summed E-state index contributed by atoms with van der Waals surface area (Å²) < 4.78 is 15.7. The van der Waals surface area contributed by atoms with E-state index in [0.29, 0.717) is 22.8 Å². The molecule has 0 aromatic heterocycles. The predicted molar refractivity (Wildman–Crippen MR) is 75.8 cm³/mol. The summed E-state index contributed by atoms with van der Waals surface area (Å²) in [7, 11) is 3.08. The Morgan fingerprint density at radius 2 is 1.70 bits per heavy atom. The molecular weight excluding hydrogens is 256 g/mol. The van der Waals surface area contributed by atoms with Gasteiger partial charge < -0.3 is 14.2 Å². The molecule has 0 N–H and O–H groups in total. The van der Waals surface area contributed by atoms with Crippen LogP contribution in [0.25, 0.3) is 0 Å². The number of carbonyl (C=O) groups excluding carboxylic acids is 1. The first-order chi connectivity index (χ1) is 9.74. The lowest BCUT2D eigenvalue weighted by Gasteiger charge is -2.10. The lowest BCUT2D eigenvalue weighted by molar-refractivity contribution is 0.0918. The van der Waals surface area contributed by atoms with Crippen molar-refractivity contribution in [2.24, 2.45) is 0 Å². The smallest absolute Gasteiger partial charge is 0.203 e. The number of hydrogen-bond donors (Lipinski definition) is 0. The van der Waals surface area contributed by atoms with Crippen molar-refractivity contribution in [1.82, 2.24) is 0 Å². The lowest BCUT2D eigenvalue weighted by atomic mass is 10.1. The zero-order valence-electron chi connectivity index (χ0n) is 11.5. The maximum absolute atomic E-state index is 12.2. The molecule has 0 saturated heterocycles. The highest BCUT2D eigenvalue weighted by molar-refractivity contribution is 6.00. The third-order valence-corrected chi connectivity index (χ3v) is 2.82. The van der Waals surface area contributed by atoms with E-state index in [1.54, 1.807) is 37.4 Å². The third kappa shape index (κ3) is 3.29. The van der Waals surface area contributed by atoms with E-state index in [2.05, 4.69) is 0 Å². The van der Waals surface area contributed by atoms with E-state index in [4.69, 9.17) is 14.2 Å². The minimum absolute atomic E-state index is 0.0350. The highest BCUT2D eigenvalue weighted by atomic mass is 16.5. The highest BCUT2D eigenvalue weighted by Crippen LogP contribution is 2.25. The van der Waals surface area contributed by atoms with E-state index in [0.717, 1.165) is 0 Å². The van der Waals surface area contributed by atoms with Crippen LogP contribution in [0.1, 0.15) is 10.4 Å². The molecule has 0 amide bonds. The van der Waals surface area contributed by atoms with Crippen LogP contribution in [0.3, 0.4) is 0 Å². The number of Topliss-reactive ketones (excluding diaryl/α,β-unsaturated/α-hetero) is 1. The molecule has 20 heavy (non-hydrogen) atoms. The van der Waals surface area contributed by atoms with Gasteiger partial charge in [-0.3, -0.25) is 4.79 Å². The number of methoxy groups -OCH3 is 2. The summed E-state index contributed by atoms with van der Waals surface area (Å²) in [5, 5.41) is 0. The molecule has 0 heterocycles. The molecule has 0 unspecified atom stereocenters. The van der Waals surface area contributed by atoms with Gasteiger partial charge in [-0.25, -0.2) is 0 Å². The molecule has 4 nitrogen and oxygen atoms in total. The molecule has 0 atom stereocenters. The van der Waals surface area contributed by atoms with Crippen LogP contribution in [0.15, 0.2) is 48.5 Å². The van der Waals surface area contributed by atoms with Gasteiger partial charge >= 0.3 is 0 Å². The largest absolute Gasteiger partial charge is 0.497 e. The Balaban J connectivity index is 2.09. The molecule has 2 rings (SSSR count). The van der Waals surface area contributed by atoms with Crippen molar-refractivity contribution < 1.29 is 19.0 Å². The van der Waals surface area contributed by atoms with Gasteiger partial charge in [-0.1, -0.05) is 18.2 Å². The van der Waals surface area contributed by atoms with Gasteiger partial charge in [0.15, 0.2) is 6.61 Å². The number of ether oxygens (including phenoxy) is 3. The summed E-state index contributed by atoms with van der Waals surface area (Å²) in [5.41, 5.74) is 0.476. The summed E-state index contributed by atoms with van der Waals surface area (Å²) >= 11 is 0. The van der Waals surface area contributed by atoms with Gasteiger partial charge in [0, 0.05) is 6.07 Å². The summed E-state index contributed by atoms with van der Waals surface area (Å²) in [5.74, 6) is 1.63. The maximum Gasteiger partial charge on any atom is 0.203 e. The molecular formula is C16H16O4. The van der Waals surface area contributed by atoms with Crippen LogP contribution in [0.2, 0.25) is 0 Å². The topological polar surface area (TPSA) is 44.8 Å². The second kappa shape index (κ2) is 6.61. The molecule has 2 aromatic carbocycles. The number of benzene rings is 2. The van der Waals surface area contributed by atoms with Crippen molar-refractivity contribution in [1.29, 1.82) is 0 Å². The van der Waals surface area contributed by atoms with Gasteiger partial charge in [-0.15, -0.1) is 0 Å². The SMILES string of the molecule is COc1ccc(C(=O)COc2ccccc2)c(OC)c1. The maximum atomic E-state index is 12.2. The van der Waals surface area contributed by atoms with Gasteiger partial charge in [0.2, 0.25) is 5.78 Å². The number of para-hydroxylation sites is 1. The number of hydrogen-bond acceptors (Lipinski definition) is 4. The van der Waals surface area contributed by atoms with Crippen LogP contribution in [0.5, 0.6) is 17.2 Å². The van der Waals surface area contributed by atoms with E-state index in [-0.39, 0.29) is 12.4 Å². The molecule has 0 aliphatic rings. The second-order valence-corrected chi connectivity index (χ2v) is 4.09. The second-order valence-electron chi connectivity index (χ2n) is 4.09. The van der Waals surface area contributed by atoms with Crippen LogP contribution in [0.4, 0.5) is 0 Å². The molecule has 0 bridgehead atoms. The first-order valence-corrected chi connectivity index (χ1v) is 6.17. The quantitative estimate of drug-likeness (QED) is 0.758. The van der Waals surface area contributed by atoms with E-state index in [1.807, 2.05) is 18.2 Å². The van der Waals surface area contributed by atoms with Crippen LogP contribution >= 0.6 is 0 Å². The van der Waals surface area contributed by atoms with Crippen LogP contribution < -0.4 is 14.2 Å². The Kier molecular flexibility index (Phi) is 4.60. The first-order valence-electron chi connectivity index (χ1n) is 6.17. The summed E-state index contributed by atoms with van der Waals surface area (Å²) in [6.07, 6.45) is 0. The Hall–Kier alpha value is -2.49. The van der Waals surface area contributed by atoms with E-state index in [1.165, 1.54) is 7.11 Å². The molecule has 0 aliphatic heterocycles. The van der Waals surface area contributed by atoms with Crippen molar-refractivity contribution in [2.45, 2.75) is 0 Å². The fraction of sp³-hybridized carbons (Fsp3) is 0.188. The van der Waals surface area contributed by atoms with Gasteiger partial charge in [-0.05, 0) is 24.3 Å². The summed E-state index contributed by atoms with van der Waals surface area (Å²) in [6.45, 7) is -0.0350. The van der Waals surface area contributed by atoms with E-state index >= 15 is 0 Å². The average molecular weight is 272 g/mol. The third-order valence-electron chi connectivity index (χ3n) is 2.82. The Morgan fingerprint density at radius 3 is 2.35 bits per heavy atom. The standard InChI is InChI=1S/C16H16O4/c1-18-13-8-9-14(16(10-13)19-2)15(17)11-20-12-6-4-3-5-7-12/h3-10H,11H2,1-2H3. The highest BCUT2D eigenvalue weighted by Gasteiger charge is 2.14. The van der Waals surface area contributed by atoms with Crippen molar-refractivity contribution >= 4 is 5.78 Å². The van der Waals surface area contributed by atoms with Crippen LogP contribution in [-0.2, 0) is 0 Å². The minimum atomic E-state index is -0.145. The molecule has 0 radical (unpaired) electrons. The monoisotopic (exact) mass is 272 g/mol. The van der Waals surface area contributed by atoms with Gasteiger partial charge in [0.25, 0.3) is 0 Å². The van der Waals surface area contributed by atoms with E-state index < -0.39 is 0 Å². The Morgan fingerprint density at radius 1 is 0.950 bits per heavy atom. The summed E-state index contributed by atoms with van der Waals surface area (Å²) in [6, 6.07) is 14.3. The summed E-state index contributed by atoms with van der Waals surface area (Å²) in [4.78, 5) is 12.2. The average Bonchev–Trinajstić information content (AvgIpc) is 2.52. The van der Waals surface area contributed by atoms with Crippen LogP contribution in [0, 0.1) is 0 Å². The van der Waals surface area contributed by atoms with Gasteiger partial charge in [0.1, 0.15) is 17.2 Å². The molecule has 2 aromatic rings. The molecule has 0 spiro atoms. The minimum Gasteiger partial charge on any atom is -0.497 e. The fourth-order valence-electron chi connectivity index (χ4n) is 1.77. The van der Waals surface area contributed by atoms with Gasteiger partial charge in [-0.2, -0.15) is 0 Å². The molecule has 0 saturated carbocycles.